The summed E-state index contributed by atoms with van der Waals surface area (Å²) in [7, 11) is -3.81. The molecule has 1 heterocycles. The van der Waals surface area contributed by atoms with Crippen LogP contribution in [0.1, 0.15) is 11.1 Å². The van der Waals surface area contributed by atoms with Gasteiger partial charge < -0.3 is 0 Å². The molecular formula is C18H16Cl2FN3O2S. The van der Waals surface area contributed by atoms with Crippen LogP contribution in [-0.2, 0) is 16.6 Å². The van der Waals surface area contributed by atoms with Crippen molar-refractivity contribution in [1.29, 1.82) is 5.26 Å². The molecule has 3 rings (SSSR count). The van der Waals surface area contributed by atoms with E-state index in [1.807, 2.05) is 11.0 Å². The molecular weight excluding hydrogens is 412 g/mol. The van der Waals surface area contributed by atoms with Gasteiger partial charge in [0.15, 0.2) is 0 Å². The maximum absolute atomic E-state index is 14.0. The van der Waals surface area contributed by atoms with E-state index in [1.165, 1.54) is 34.6 Å². The zero-order valence-electron chi connectivity index (χ0n) is 14.2. The molecule has 0 radical (unpaired) electrons. The second kappa shape index (κ2) is 8.13. The van der Waals surface area contributed by atoms with Crippen LogP contribution in [0, 0.1) is 17.1 Å². The van der Waals surface area contributed by atoms with Crippen LogP contribution in [0.5, 0.6) is 0 Å². The van der Waals surface area contributed by atoms with Crippen LogP contribution in [0.2, 0.25) is 10.0 Å². The fourth-order valence-corrected chi connectivity index (χ4v) is 5.51. The molecule has 27 heavy (non-hydrogen) atoms. The van der Waals surface area contributed by atoms with Crippen LogP contribution in [0.4, 0.5) is 4.39 Å². The minimum Gasteiger partial charge on any atom is -0.296 e. The summed E-state index contributed by atoms with van der Waals surface area (Å²) in [6.07, 6.45) is 0. The van der Waals surface area contributed by atoms with Gasteiger partial charge in [-0.15, -0.1) is 0 Å². The highest BCUT2D eigenvalue weighted by molar-refractivity contribution is 7.89. The van der Waals surface area contributed by atoms with Crippen LogP contribution < -0.4 is 0 Å². The number of halogens is 3. The Morgan fingerprint density at radius 1 is 1.07 bits per heavy atom. The molecule has 142 valence electrons. The summed E-state index contributed by atoms with van der Waals surface area (Å²) in [6, 6.07) is 10.8. The third-order valence-corrected chi connectivity index (χ3v) is 7.27. The molecule has 0 aliphatic carbocycles. The lowest BCUT2D eigenvalue weighted by Crippen LogP contribution is -2.48. The molecule has 5 nitrogen and oxygen atoms in total. The summed E-state index contributed by atoms with van der Waals surface area (Å²) in [5.74, 6) is -0.382. The fourth-order valence-electron chi connectivity index (χ4n) is 2.99. The summed E-state index contributed by atoms with van der Waals surface area (Å²) in [5.41, 5.74) is 0.806. The minimum atomic E-state index is -3.81. The first-order chi connectivity index (χ1) is 12.8. The Labute approximate surface area is 167 Å². The van der Waals surface area contributed by atoms with Crippen molar-refractivity contribution in [2.45, 2.75) is 11.4 Å². The largest absolute Gasteiger partial charge is 0.296 e. The van der Waals surface area contributed by atoms with Crippen molar-refractivity contribution in [2.75, 3.05) is 26.2 Å². The van der Waals surface area contributed by atoms with Crippen molar-refractivity contribution in [3.05, 3.63) is 63.4 Å². The number of piperazine rings is 1. The number of sulfonamides is 1. The molecule has 0 bridgehead atoms. The van der Waals surface area contributed by atoms with E-state index in [1.54, 1.807) is 6.07 Å². The van der Waals surface area contributed by atoms with E-state index in [4.69, 9.17) is 28.5 Å². The van der Waals surface area contributed by atoms with Gasteiger partial charge in [-0.1, -0.05) is 29.3 Å². The van der Waals surface area contributed by atoms with Crippen LogP contribution in [-0.4, -0.2) is 43.8 Å². The number of hydrogen-bond donors (Lipinski definition) is 0. The molecule has 2 aromatic carbocycles. The predicted octanol–water partition coefficient (Wildman–Crippen LogP) is 3.51. The molecule has 0 atom stereocenters. The van der Waals surface area contributed by atoms with Gasteiger partial charge in [0.1, 0.15) is 10.7 Å². The lowest BCUT2D eigenvalue weighted by molar-refractivity contribution is 0.180. The standard InChI is InChI=1S/C18H16Cl2FN3O2S/c19-15-2-1-3-16(20)18(15)27(25,26)24-8-6-23(7-9-24)12-14-10-13(11-22)4-5-17(14)21/h1-5,10H,6-9,12H2. The maximum Gasteiger partial charge on any atom is 0.246 e. The van der Waals surface area contributed by atoms with Crippen molar-refractivity contribution < 1.29 is 12.8 Å². The lowest BCUT2D eigenvalue weighted by Gasteiger charge is -2.34. The van der Waals surface area contributed by atoms with E-state index < -0.39 is 10.0 Å². The van der Waals surface area contributed by atoms with E-state index in [0.29, 0.717) is 30.8 Å². The first kappa shape index (κ1) is 20.1. The Kier molecular flexibility index (Phi) is 6.04. The Morgan fingerprint density at radius 2 is 1.70 bits per heavy atom. The van der Waals surface area contributed by atoms with Crippen molar-refractivity contribution in [3.8, 4) is 6.07 Å². The molecule has 0 unspecified atom stereocenters. The second-order valence-corrected chi connectivity index (χ2v) is 8.84. The van der Waals surface area contributed by atoms with E-state index in [9.17, 15) is 12.8 Å². The highest BCUT2D eigenvalue weighted by Crippen LogP contribution is 2.32. The molecule has 2 aromatic rings. The lowest BCUT2D eigenvalue weighted by atomic mass is 10.1. The van der Waals surface area contributed by atoms with Crippen molar-refractivity contribution in [1.82, 2.24) is 9.21 Å². The average molecular weight is 428 g/mol. The van der Waals surface area contributed by atoms with E-state index in [-0.39, 0.29) is 33.8 Å². The van der Waals surface area contributed by atoms with Gasteiger partial charge in [0.25, 0.3) is 0 Å². The van der Waals surface area contributed by atoms with Gasteiger partial charge in [-0.05, 0) is 30.3 Å². The Bertz CT molecular complexity index is 980. The van der Waals surface area contributed by atoms with Crippen molar-refractivity contribution in [2.24, 2.45) is 0 Å². The van der Waals surface area contributed by atoms with Gasteiger partial charge in [-0.25, -0.2) is 12.8 Å². The molecule has 1 aliphatic heterocycles. The molecule has 0 N–H and O–H groups in total. The van der Waals surface area contributed by atoms with Crippen molar-refractivity contribution in [3.63, 3.8) is 0 Å². The molecule has 1 saturated heterocycles. The summed E-state index contributed by atoms with van der Waals surface area (Å²) in [6.45, 7) is 1.64. The molecule has 1 fully saturated rings. The quantitative estimate of drug-likeness (QED) is 0.748. The van der Waals surface area contributed by atoms with Gasteiger partial charge in [0.2, 0.25) is 10.0 Å². The number of benzene rings is 2. The topological polar surface area (TPSA) is 64.4 Å². The first-order valence-corrected chi connectivity index (χ1v) is 10.4. The molecule has 1 aliphatic rings. The Morgan fingerprint density at radius 3 is 2.30 bits per heavy atom. The maximum atomic E-state index is 14.0. The van der Waals surface area contributed by atoms with Crippen LogP contribution in [0.3, 0.4) is 0 Å². The minimum absolute atomic E-state index is 0.0836. The van der Waals surface area contributed by atoms with Gasteiger partial charge in [0, 0.05) is 38.3 Å². The number of hydrogen-bond acceptors (Lipinski definition) is 4. The molecule has 0 spiro atoms. The zero-order chi connectivity index (χ0) is 19.6. The zero-order valence-corrected chi connectivity index (χ0v) is 16.5. The Balaban J connectivity index is 1.71. The summed E-state index contributed by atoms with van der Waals surface area (Å²) >= 11 is 12.1. The molecule has 0 aromatic heterocycles. The average Bonchev–Trinajstić information content (AvgIpc) is 2.63. The van der Waals surface area contributed by atoms with Crippen LogP contribution >= 0.6 is 23.2 Å². The first-order valence-electron chi connectivity index (χ1n) is 8.18. The third kappa shape index (κ3) is 4.26. The number of nitriles is 1. The van der Waals surface area contributed by atoms with Gasteiger partial charge in [-0.2, -0.15) is 9.57 Å². The highest BCUT2D eigenvalue weighted by atomic mass is 35.5. The van der Waals surface area contributed by atoms with Crippen LogP contribution in [0.15, 0.2) is 41.3 Å². The van der Waals surface area contributed by atoms with Crippen molar-refractivity contribution >= 4 is 33.2 Å². The summed E-state index contributed by atoms with van der Waals surface area (Å²) < 4.78 is 41.0. The van der Waals surface area contributed by atoms with Gasteiger partial charge in [0.05, 0.1) is 21.7 Å². The highest BCUT2D eigenvalue weighted by Gasteiger charge is 2.32. The normalized spacial score (nSPS) is 16.2. The van der Waals surface area contributed by atoms with E-state index >= 15 is 0 Å². The van der Waals surface area contributed by atoms with E-state index in [2.05, 4.69) is 0 Å². The smallest absolute Gasteiger partial charge is 0.246 e. The molecule has 0 amide bonds. The number of rotatable bonds is 4. The van der Waals surface area contributed by atoms with E-state index in [0.717, 1.165) is 0 Å². The molecule has 0 saturated carbocycles. The van der Waals surface area contributed by atoms with Gasteiger partial charge >= 0.3 is 0 Å². The number of nitrogens with zero attached hydrogens (tertiary/aromatic N) is 3. The Hall–Kier alpha value is -1.69. The monoisotopic (exact) mass is 427 g/mol. The fraction of sp³-hybridized carbons (Fsp3) is 0.278. The second-order valence-electron chi connectivity index (χ2n) is 6.15. The summed E-state index contributed by atoms with van der Waals surface area (Å²) in [4.78, 5) is 1.86. The summed E-state index contributed by atoms with van der Waals surface area (Å²) in [5, 5.41) is 9.12. The van der Waals surface area contributed by atoms with Crippen LogP contribution in [0.25, 0.3) is 0 Å². The SMILES string of the molecule is N#Cc1ccc(F)c(CN2CCN(S(=O)(=O)c3c(Cl)cccc3Cl)CC2)c1. The van der Waals surface area contributed by atoms with Gasteiger partial charge in [-0.3, -0.25) is 4.90 Å². The molecule has 9 heteroatoms. The third-order valence-electron chi connectivity index (χ3n) is 4.42. The predicted molar refractivity (Wildman–Crippen MR) is 102 cm³/mol.